The van der Waals surface area contributed by atoms with Crippen molar-refractivity contribution >= 4 is 28.5 Å². The van der Waals surface area contributed by atoms with Gasteiger partial charge in [0, 0.05) is 36.6 Å². The van der Waals surface area contributed by atoms with Gasteiger partial charge in [-0.05, 0) is 43.0 Å². The van der Waals surface area contributed by atoms with Crippen molar-refractivity contribution in [2.45, 2.75) is 25.8 Å². The lowest BCUT2D eigenvalue weighted by molar-refractivity contribution is 0.0735. The Balaban J connectivity index is 1.56. The molecule has 0 aliphatic carbocycles. The van der Waals surface area contributed by atoms with Crippen molar-refractivity contribution in [1.29, 1.82) is 0 Å². The number of phenols is 1. The Morgan fingerprint density at radius 3 is 2.69 bits per heavy atom. The number of carbonyl (C=O) groups is 2. The van der Waals surface area contributed by atoms with Gasteiger partial charge in [-0.1, -0.05) is 0 Å². The molecule has 2 aromatic rings. The lowest BCUT2D eigenvalue weighted by Gasteiger charge is -2.27. The van der Waals surface area contributed by atoms with Crippen LogP contribution in [0.25, 0.3) is 0 Å². The standard InChI is InChI=1S/C19H19FN2O3S/c20-15-8-12(7-14(11-23)18(15)24)19(25)22-6-3-16-13(10-22)9-17(26-16)21-4-1-2-5-21/h7-9,11,24H,1-6,10H2. The first kappa shape index (κ1) is 17.0. The van der Waals surface area contributed by atoms with Crippen LogP contribution in [-0.4, -0.2) is 41.8 Å². The number of anilines is 1. The fourth-order valence-corrected chi connectivity index (χ4v) is 4.81. The fourth-order valence-electron chi connectivity index (χ4n) is 3.60. The van der Waals surface area contributed by atoms with Crippen molar-refractivity contribution in [2.75, 3.05) is 24.5 Å². The molecule has 0 spiro atoms. The molecule has 1 aromatic heterocycles. The molecule has 2 aliphatic rings. The van der Waals surface area contributed by atoms with Crippen LogP contribution in [0.5, 0.6) is 5.75 Å². The van der Waals surface area contributed by atoms with Crippen molar-refractivity contribution in [3.63, 3.8) is 0 Å². The number of aromatic hydroxyl groups is 1. The minimum Gasteiger partial charge on any atom is -0.504 e. The Bertz CT molecular complexity index is 874. The van der Waals surface area contributed by atoms with Gasteiger partial charge < -0.3 is 14.9 Å². The van der Waals surface area contributed by atoms with Crippen LogP contribution >= 0.6 is 11.3 Å². The molecule has 7 heteroatoms. The molecule has 0 atom stereocenters. The molecule has 4 rings (SSSR count). The van der Waals surface area contributed by atoms with Crippen molar-refractivity contribution < 1.29 is 19.1 Å². The van der Waals surface area contributed by atoms with Crippen LogP contribution in [0, 0.1) is 5.82 Å². The van der Waals surface area contributed by atoms with Crippen LogP contribution in [0.1, 0.15) is 44.0 Å². The maximum absolute atomic E-state index is 13.8. The van der Waals surface area contributed by atoms with Crippen LogP contribution in [-0.2, 0) is 13.0 Å². The largest absolute Gasteiger partial charge is 0.504 e. The summed E-state index contributed by atoms with van der Waals surface area (Å²) < 4.78 is 13.8. The highest BCUT2D eigenvalue weighted by molar-refractivity contribution is 7.16. The number of thiophene rings is 1. The average Bonchev–Trinajstić information content (AvgIpc) is 3.31. The number of halogens is 1. The molecule has 136 valence electrons. The number of hydrogen-bond acceptors (Lipinski definition) is 5. The Hall–Kier alpha value is -2.41. The molecule has 2 aliphatic heterocycles. The van der Waals surface area contributed by atoms with Gasteiger partial charge >= 0.3 is 0 Å². The second-order valence-corrected chi connectivity index (χ2v) is 7.83. The molecule has 0 bridgehead atoms. The van der Waals surface area contributed by atoms with E-state index in [-0.39, 0.29) is 17.0 Å². The zero-order valence-electron chi connectivity index (χ0n) is 14.2. The number of phenolic OH excluding ortho intramolecular Hbond substituents is 1. The van der Waals surface area contributed by atoms with E-state index in [0.29, 0.717) is 19.4 Å². The molecule has 1 N–H and O–H groups in total. The Morgan fingerprint density at radius 2 is 1.96 bits per heavy atom. The van der Waals surface area contributed by atoms with Crippen LogP contribution in [0.3, 0.4) is 0 Å². The van der Waals surface area contributed by atoms with Gasteiger partial charge in [-0.3, -0.25) is 9.59 Å². The minimum absolute atomic E-state index is 0.0841. The summed E-state index contributed by atoms with van der Waals surface area (Å²) in [6, 6.07) is 4.40. The molecule has 3 heterocycles. The van der Waals surface area contributed by atoms with Gasteiger partial charge in [-0.25, -0.2) is 4.39 Å². The van der Waals surface area contributed by atoms with E-state index in [4.69, 9.17) is 0 Å². The number of benzene rings is 1. The Morgan fingerprint density at radius 1 is 1.19 bits per heavy atom. The normalized spacial score (nSPS) is 16.7. The van der Waals surface area contributed by atoms with Crippen LogP contribution in [0.2, 0.25) is 0 Å². The molecular formula is C19H19FN2O3S. The van der Waals surface area contributed by atoms with Crippen LogP contribution in [0.4, 0.5) is 9.39 Å². The van der Waals surface area contributed by atoms with Gasteiger partial charge in [-0.15, -0.1) is 11.3 Å². The second-order valence-electron chi connectivity index (χ2n) is 6.72. The maximum atomic E-state index is 13.8. The molecule has 1 amide bonds. The average molecular weight is 374 g/mol. The summed E-state index contributed by atoms with van der Waals surface area (Å²) in [6.07, 6.45) is 3.57. The van der Waals surface area contributed by atoms with E-state index in [1.54, 1.807) is 16.2 Å². The van der Waals surface area contributed by atoms with E-state index in [2.05, 4.69) is 11.0 Å². The van der Waals surface area contributed by atoms with E-state index in [1.807, 2.05) is 0 Å². The SMILES string of the molecule is O=Cc1cc(C(=O)N2CCc3sc(N4CCCC4)cc3C2)cc(F)c1O. The highest BCUT2D eigenvalue weighted by Crippen LogP contribution is 2.36. The molecule has 0 unspecified atom stereocenters. The summed E-state index contributed by atoms with van der Waals surface area (Å²) >= 11 is 1.80. The van der Waals surface area contributed by atoms with Gasteiger partial charge in [0.1, 0.15) is 0 Å². The molecule has 26 heavy (non-hydrogen) atoms. The summed E-state index contributed by atoms with van der Waals surface area (Å²) in [5, 5.41) is 10.8. The Labute approximate surface area is 154 Å². The lowest BCUT2D eigenvalue weighted by atomic mass is 10.1. The smallest absolute Gasteiger partial charge is 0.254 e. The molecule has 0 radical (unpaired) electrons. The summed E-state index contributed by atoms with van der Waals surface area (Å²) in [7, 11) is 0. The predicted molar refractivity (Wildman–Crippen MR) is 97.7 cm³/mol. The Kier molecular flexibility index (Phi) is 4.40. The lowest BCUT2D eigenvalue weighted by Crippen LogP contribution is -2.35. The first-order valence-corrected chi connectivity index (χ1v) is 9.52. The summed E-state index contributed by atoms with van der Waals surface area (Å²) in [5.74, 6) is -2.00. The van der Waals surface area contributed by atoms with Crippen molar-refractivity contribution in [2.24, 2.45) is 0 Å². The van der Waals surface area contributed by atoms with Crippen LogP contribution < -0.4 is 4.90 Å². The van der Waals surface area contributed by atoms with Gasteiger partial charge in [0.2, 0.25) is 0 Å². The van der Waals surface area contributed by atoms with Gasteiger partial charge in [0.25, 0.3) is 5.91 Å². The molecule has 1 aromatic carbocycles. The fraction of sp³-hybridized carbons (Fsp3) is 0.368. The van der Waals surface area contributed by atoms with E-state index < -0.39 is 11.6 Å². The first-order valence-electron chi connectivity index (χ1n) is 8.70. The highest BCUT2D eigenvalue weighted by atomic mass is 32.1. The zero-order chi connectivity index (χ0) is 18.3. The van der Waals surface area contributed by atoms with E-state index in [0.717, 1.165) is 31.1 Å². The van der Waals surface area contributed by atoms with Crippen LogP contribution in [0.15, 0.2) is 18.2 Å². The van der Waals surface area contributed by atoms with Crippen molar-refractivity contribution in [1.82, 2.24) is 4.90 Å². The summed E-state index contributed by atoms with van der Waals surface area (Å²) in [4.78, 5) is 29.1. The first-order chi connectivity index (χ1) is 12.6. The number of rotatable bonds is 3. The van der Waals surface area contributed by atoms with Gasteiger partial charge in [0.05, 0.1) is 10.6 Å². The third-order valence-electron chi connectivity index (χ3n) is 5.03. The van der Waals surface area contributed by atoms with E-state index in [9.17, 15) is 19.1 Å². The molecule has 1 fully saturated rings. The third kappa shape index (κ3) is 2.96. The highest BCUT2D eigenvalue weighted by Gasteiger charge is 2.26. The molecular weight excluding hydrogens is 355 g/mol. The number of nitrogens with zero attached hydrogens (tertiary/aromatic N) is 2. The topological polar surface area (TPSA) is 60.9 Å². The molecule has 0 saturated carbocycles. The van der Waals surface area contributed by atoms with E-state index >= 15 is 0 Å². The third-order valence-corrected chi connectivity index (χ3v) is 6.32. The zero-order valence-corrected chi connectivity index (χ0v) is 15.0. The number of carbonyl (C=O) groups excluding carboxylic acids is 2. The summed E-state index contributed by atoms with van der Waals surface area (Å²) in [5.41, 5.74) is 1.02. The van der Waals surface area contributed by atoms with Gasteiger partial charge in [-0.2, -0.15) is 0 Å². The summed E-state index contributed by atoms with van der Waals surface area (Å²) in [6.45, 7) is 3.22. The van der Waals surface area contributed by atoms with Crippen molar-refractivity contribution in [3.8, 4) is 5.75 Å². The van der Waals surface area contributed by atoms with Gasteiger partial charge in [0.15, 0.2) is 17.9 Å². The molecule has 1 saturated heterocycles. The van der Waals surface area contributed by atoms with Crippen molar-refractivity contribution in [3.05, 3.63) is 45.6 Å². The maximum Gasteiger partial charge on any atom is 0.254 e. The number of aldehydes is 1. The minimum atomic E-state index is -0.956. The monoisotopic (exact) mass is 374 g/mol. The quantitative estimate of drug-likeness (QED) is 0.838. The predicted octanol–water partition coefficient (Wildman–Crippen LogP) is 3.20. The number of amides is 1. The van der Waals surface area contributed by atoms with E-state index in [1.165, 1.54) is 28.8 Å². The number of hydrogen-bond donors (Lipinski definition) is 1. The second kappa shape index (κ2) is 6.72. The molecule has 5 nitrogen and oxygen atoms in total. The number of fused-ring (bicyclic) bond motifs is 1.